The smallest absolute Gasteiger partial charge is 0.329 e. The minimum absolute atomic E-state index is 0.191. The van der Waals surface area contributed by atoms with Crippen molar-refractivity contribution < 1.29 is 14.3 Å². The van der Waals surface area contributed by atoms with Crippen LogP contribution in [0.25, 0.3) is 10.9 Å². The maximum absolute atomic E-state index is 12.9. The molecule has 140 valence electrons. The summed E-state index contributed by atoms with van der Waals surface area (Å²) in [5.74, 6) is -0.536. The van der Waals surface area contributed by atoms with E-state index in [2.05, 4.69) is 4.98 Å². The van der Waals surface area contributed by atoms with Crippen molar-refractivity contribution in [3.63, 3.8) is 0 Å². The number of nitrogens with zero attached hydrogens (tertiary/aromatic N) is 1. The molecule has 2 heterocycles. The van der Waals surface area contributed by atoms with E-state index in [0.29, 0.717) is 19.4 Å². The molecule has 0 radical (unpaired) electrons. The van der Waals surface area contributed by atoms with E-state index in [4.69, 9.17) is 10.5 Å². The van der Waals surface area contributed by atoms with Crippen LogP contribution in [0.1, 0.15) is 39.2 Å². The number of likely N-dealkylation sites (tertiary alicyclic amines) is 1. The van der Waals surface area contributed by atoms with Crippen molar-refractivity contribution in [2.75, 3.05) is 6.54 Å². The summed E-state index contributed by atoms with van der Waals surface area (Å²) in [4.78, 5) is 30.1. The predicted molar refractivity (Wildman–Crippen MR) is 101 cm³/mol. The molecule has 1 fully saturated rings. The Morgan fingerprint density at radius 1 is 1.35 bits per heavy atom. The molecule has 26 heavy (non-hydrogen) atoms. The Morgan fingerprint density at radius 3 is 2.81 bits per heavy atom. The van der Waals surface area contributed by atoms with Crippen LogP contribution in [0.5, 0.6) is 0 Å². The number of aromatic amines is 1. The summed E-state index contributed by atoms with van der Waals surface area (Å²) in [5.41, 5.74) is 7.67. The molecule has 1 aromatic carbocycles. The number of carbonyl (C=O) groups excluding carboxylic acids is 2. The van der Waals surface area contributed by atoms with Crippen LogP contribution in [0.3, 0.4) is 0 Å². The first-order valence-corrected chi connectivity index (χ1v) is 9.10. The van der Waals surface area contributed by atoms with E-state index in [1.807, 2.05) is 51.2 Å². The SMILES string of the molecule is CC(C)(C)OC(=O)[C@@H]1CCCN1C(=O)[C@@H](N)Cc1c[nH]c2ccccc12. The lowest BCUT2D eigenvalue weighted by Crippen LogP contribution is -2.50. The fourth-order valence-electron chi connectivity index (χ4n) is 3.48. The van der Waals surface area contributed by atoms with Gasteiger partial charge in [0.05, 0.1) is 6.04 Å². The van der Waals surface area contributed by atoms with E-state index in [0.717, 1.165) is 22.9 Å². The van der Waals surface area contributed by atoms with E-state index >= 15 is 0 Å². The Balaban J connectivity index is 1.70. The van der Waals surface area contributed by atoms with Gasteiger partial charge < -0.3 is 20.4 Å². The van der Waals surface area contributed by atoms with E-state index in [1.165, 1.54) is 0 Å². The highest BCUT2D eigenvalue weighted by Gasteiger charge is 2.38. The molecule has 0 unspecified atom stereocenters. The molecular weight excluding hydrogens is 330 g/mol. The molecule has 1 aromatic heterocycles. The van der Waals surface area contributed by atoms with Gasteiger partial charge in [0.1, 0.15) is 11.6 Å². The van der Waals surface area contributed by atoms with Crippen molar-refractivity contribution in [1.29, 1.82) is 0 Å². The monoisotopic (exact) mass is 357 g/mol. The van der Waals surface area contributed by atoms with Gasteiger partial charge in [-0.05, 0) is 51.7 Å². The summed E-state index contributed by atoms with van der Waals surface area (Å²) in [6.45, 7) is 6.03. The summed E-state index contributed by atoms with van der Waals surface area (Å²) in [7, 11) is 0. The molecule has 0 saturated carbocycles. The molecule has 6 nitrogen and oxygen atoms in total. The van der Waals surface area contributed by atoms with Gasteiger partial charge >= 0.3 is 5.97 Å². The molecule has 3 rings (SSSR count). The first-order valence-electron chi connectivity index (χ1n) is 9.10. The maximum atomic E-state index is 12.9. The van der Waals surface area contributed by atoms with Gasteiger partial charge in [-0.2, -0.15) is 0 Å². The number of benzene rings is 1. The lowest BCUT2D eigenvalue weighted by molar-refractivity contribution is -0.163. The molecule has 1 aliphatic rings. The van der Waals surface area contributed by atoms with Crippen LogP contribution in [0.2, 0.25) is 0 Å². The zero-order chi connectivity index (χ0) is 18.9. The fourth-order valence-corrected chi connectivity index (χ4v) is 3.48. The zero-order valence-electron chi connectivity index (χ0n) is 15.6. The second-order valence-corrected chi connectivity index (χ2v) is 7.89. The van der Waals surface area contributed by atoms with Crippen molar-refractivity contribution in [2.24, 2.45) is 5.73 Å². The number of amides is 1. The van der Waals surface area contributed by atoms with E-state index in [9.17, 15) is 9.59 Å². The van der Waals surface area contributed by atoms with Crippen molar-refractivity contribution in [3.8, 4) is 0 Å². The number of hydrogen-bond donors (Lipinski definition) is 2. The minimum Gasteiger partial charge on any atom is -0.458 e. The zero-order valence-corrected chi connectivity index (χ0v) is 15.6. The maximum Gasteiger partial charge on any atom is 0.329 e. The first kappa shape index (κ1) is 18.5. The molecular formula is C20H27N3O3. The molecule has 1 aliphatic heterocycles. The molecule has 0 bridgehead atoms. The first-order chi connectivity index (χ1) is 12.3. The number of nitrogens with two attached hydrogens (primary N) is 1. The topological polar surface area (TPSA) is 88.4 Å². The van der Waals surface area contributed by atoms with Gasteiger partial charge in [-0.25, -0.2) is 4.79 Å². The highest BCUT2D eigenvalue weighted by Crippen LogP contribution is 2.23. The van der Waals surface area contributed by atoms with Gasteiger partial charge in [0.15, 0.2) is 0 Å². The molecule has 3 N–H and O–H groups in total. The van der Waals surface area contributed by atoms with Crippen LogP contribution in [-0.4, -0.2) is 46.0 Å². The molecule has 1 saturated heterocycles. The third-order valence-electron chi connectivity index (χ3n) is 4.65. The number of esters is 1. The summed E-state index contributed by atoms with van der Waals surface area (Å²) in [6.07, 6.45) is 3.74. The van der Waals surface area contributed by atoms with Gasteiger partial charge in [0.25, 0.3) is 0 Å². The number of hydrogen-bond acceptors (Lipinski definition) is 4. The van der Waals surface area contributed by atoms with Crippen molar-refractivity contribution in [2.45, 2.75) is 57.7 Å². The van der Waals surface area contributed by atoms with E-state index in [-0.39, 0.29) is 11.9 Å². The lowest BCUT2D eigenvalue weighted by atomic mass is 10.0. The Morgan fingerprint density at radius 2 is 2.08 bits per heavy atom. The van der Waals surface area contributed by atoms with Crippen LogP contribution < -0.4 is 5.73 Å². The third-order valence-corrected chi connectivity index (χ3v) is 4.65. The van der Waals surface area contributed by atoms with Crippen LogP contribution in [0.15, 0.2) is 30.5 Å². The predicted octanol–water partition coefficient (Wildman–Crippen LogP) is 2.37. The van der Waals surface area contributed by atoms with Gasteiger partial charge in [-0.3, -0.25) is 4.79 Å². The Bertz CT molecular complexity index is 806. The van der Waals surface area contributed by atoms with Crippen molar-refractivity contribution in [3.05, 3.63) is 36.0 Å². The largest absolute Gasteiger partial charge is 0.458 e. The van der Waals surface area contributed by atoms with Crippen LogP contribution in [0.4, 0.5) is 0 Å². The van der Waals surface area contributed by atoms with Gasteiger partial charge in [0.2, 0.25) is 5.91 Å². The van der Waals surface area contributed by atoms with Crippen molar-refractivity contribution in [1.82, 2.24) is 9.88 Å². The second kappa shape index (κ2) is 7.11. The number of nitrogens with one attached hydrogen (secondary N) is 1. The lowest BCUT2D eigenvalue weighted by Gasteiger charge is -2.29. The summed E-state index contributed by atoms with van der Waals surface area (Å²) < 4.78 is 5.47. The number of ether oxygens (including phenoxy) is 1. The minimum atomic E-state index is -0.683. The highest BCUT2D eigenvalue weighted by molar-refractivity contribution is 5.89. The van der Waals surface area contributed by atoms with Gasteiger partial charge in [-0.1, -0.05) is 18.2 Å². The molecule has 2 aromatic rings. The van der Waals surface area contributed by atoms with Crippen LogP contribution in [-0.2, 0) is 20.7 Å². The Labute approximate surface area is 153 Å². The number of carbonyl (C=O) groups is 2. The van der Waals surface area contributed by atoms with Crippen LogP contribution >= 0.6 is 0 Å². The molecule has 0 spiro atoms. The van der Waals surface area contributed by atoms with Crippen molar-refractivity contribution >= 4 is 22.8 Å². The van der Waals surface area contributed by atoms with Crippen LogP contribution in [0, 0.1) is 0 Å². The van der Waals surface area contributed by atoms with Gasteiger partial charge in [0, 0.05) is 23.6 Å². The number of fused-ring (bicyclic) bond motifs is 1. The molecule has 0 aliphatic carbocycles. The number of aromatic nitrogens is 1. The number of H-pyrrole nitrogens is 1. The highest BCUT2D eigenvalue weighted by atomic mass is 16.6. The van der Waals surface area contributed by atoms with Gasteiger partial charge in [-0.15, -0.1) is 0 Å². The van der Waals surface area contributed by atoms with E-state index in [1.54, 1.807) is 4.90 Å². The summed E-state index contributed by atoms with van der Waals surface area (Å²) in [6, 6.07) is 6.71. The number of para-hydroxylation sites is 1. The summed E-state index contributed by atoms with van der Waals surface area (Å²) in [5, 5.41) is 1.07. The quantitative estimate of drug-likeness (QED) is 0.822. The summed E-state index contributed by atoms with van der Waals surface area (Å²) >= 11 is 0. The fraction of sp³-hybridized carbons (Fsp3) is 0.500. The Hall–Kier alpha value is -2.34. The normalized spacial score (nSPS) is 18.9. The molecule has 2 atom stereocenters. The average molecular weight is 357 g/mol. The Kier molecular flexibility index (Phi) is 5.05. The third kappa shape index (κ3) is 3.90. The second-order valence-electron chi connectivity index (χ2n) is 7.89. The number of rotatable bonds is 4. The molecule has 6 heteroatoms. The average Bonchev–Trinajstić information content (AvgIpc) is 3.20. The standard InChI is InChI=1S/C20H27N3O3/c1-20(2,3)26-19(25)17-9-6-10-23(17)18(24)15(21)11-13-12-22-16-8-5-4-7-14(13)16/h4-5,7-8,12,15,17,22H,6,9-11,21H2,1-3H3/t15-,17-/m0/s1. The molecule has 1 amide bonds. The van der Waals surface area contributed by atoms with E-state index < -0.39 is 17.7 Å².